The normalized spacial score (nSPS) is 24.3. The van der Waals surface area contributed by atoms with E-state index in [0.717, 1.165) is 42.5 Å². The number of ether oxygens (including phenoxy) is 1. The van der Waals surface area contributed by atoms with Crippen molar-refractivity contribution in [1.82, 2.24) is 20.5 Å². The van der Waals surface area contributed by atoms with Crippen molar-refractivity contribution >= 4 is 11.8 Å². The van der Waals surface area contributed by atoms with Gasteiger partial charge in [0.25, 0.3) is 5.91 Å². The van der Waals surface area contributed by atoms with Crippen LogP contribution in [0.2, 0.25) is 0 Å². The number of aromatic nitrogens is 1. The molecule has 2 amide bonds. The molecule has 0 bridgehead atoms. The quantitative estimate of drug-likeness (QED) is 0.738. The Balaban J connectivity index is 1.59. The van der Waals surface area contributed by atoms with Crippen molar-refractivity contribution in [3.05, 3.63) is 71.2 Å². The fraction of sp³-hybridized carbons (Fsp3) is 0.423. The monoisotopic (exact) mass is 446 g/mol. The zero-order chi connectivity index (χ0) is 22.8. The lowest BCUT2D eigenvalue weighted by atomic mass is 9.86. The van der Waals surface area contributed by atoms with Crippen molar-refractivity contribution in [3.8, 4) is 5.75 Å². The van der Waals surface area contributed by atoms with Crippen LogP contribution in [0.1, 0.15) is 49.3 Å². The fourth-order valence-corrected chi connectivity index (χ4v) is 5.53. The molecule has 1 aromatic heterocycles. The molecule has 0 spiro atoms. The highest BCUT2D eigenvalue weighted by Crippen LogP contribution is 2.43. The lowest BCUT2D eigenvalue weighted by molar-refractivity contribution is -0.137. The average Bonchev–Trinajstić information content (AvgIpc) is 3.13. The number of methoxy groups -OCH3 is 1. The van der Waals surface area contributed by atoms with E-state index in [0.29, 0.717) is 30.7 Å². The number of carbonyl (C=O) groups excluding carboxylic acids is 2. The maximum atomic E-state index is 13.9. The zero-order valence-electron chi connectivity index (χ0n) is 18.9. The van der Waals surface area contributed by atoms with Gasteiger partial charge in [-0.25, -0.2) is 0 Å². The molecule has 7 nitrogen and oxygen atoms in total. The van der Waals surface area contributed by atoms with Crippen LogP contribution in [0.5, 0.6) is 5.75 Å². The van der Waals surface area contributed by atoms with Gasteiger partial charge in [-0.15, -0.1) is 0 Å². The fourth-order valence-electron chi connectivity index (χ4n) is 5.53. The highest BCUT2D eigenvalue weighted by atomic mass is 16.5. The van der Waals surface area contributed by atoms with Crippen LogP contribution in [0.15, 0.2) is 60.1 Å². The SMILES string of the molecule is COc1ccccc1[C@@H]1C2=C(CNC2=O)N[C@@H]2CCCC[C@H]2N1C(=O)CCc1cccnc1. The Hall–Kier alpha value is -3.35. The Labute approximate surface area is 194 Å². The van der Waals surface area contributed by atoms with E-state index >= 15 is 0 Å². The number of fused-ring (bicyclic) bond motifs is 1. The third-order valence-corrected chi connectivity index (χ3v) is 7.07. The number of hydrogen-bond acceptors (Lipinski definition) is 5. The van der Waals surface area contributed by atoms with Gasteiger partial charge in [0.05, 0.1) is 31.3 Å². The lowest BCUT2D eigenvalue weighted by Gasteiger charge is -2.43. The molecule has 3 heterocycles. The van der Waals surface area contributed by atoms with E-state index in [2.05, 4.69) is 15.6 Å². The molecule has 2 aliphatic heterocycles. The molecule has 33 heavy (non-hydrogen) atoms. The highest BCUT2D eigenvalue weighted by molar-refractivity contribution is 5.99. The average molecular weight is 447 g/mol. The summed E-state index contributed by atoms with van der Waals surface area (Å²) in [5, 5.41) is 6.63. The van der Waals surface area contributed by atoms with Crippen LogP contribution in [0.25, 0.3) is 0 Å². The maximum absolute atomic E-state index is 13.9. The minimum absolute atomic E-state index is 0.0217. The number of aryl methyl sites for hydroxylation is 1. The Bertz CT molecular complexity index is 1070. The molecule has 1 aromatic carbocycles. The van der Waals surface area contributed by atoms with Gasteiger partial charge in [-0.2, -0.15) is 0 Å². The van der Waals surface area contributed by atoms with Gasteiger partial charge in [-0.3, -0.25) is 14.6 Å². The predicted octanol–water partition coefficient (Wildman–Crippen LogP) is 2.89. The highest BCUT2D eigenvalue weighted by Gasteiger charge is 2.46. The van der Waals surface area contributed by atoms with Crippen LogP contribution in [0.3, 0.4) is 0 Å². The summed E-state index contributed by atoms with van der Waals surface area (Å²) >= 11 is 0. The second kappa shape index (κ2) is 9.25. The van der Waals surface area contributed by atoms with E-state index in [9.17, 15) is 9.59 Å². The Morgan fingerprint density at radius 3 is 2.85 bits per heavy atom. The first-order chi connectivity index (χ1) is 16.2. The topological polar surface area (TPSA) is 83.6 Å². The Kier molecular flexibility index (Phi) is 6.03. The first-order valence-corrected chi connectivity index (χ1v) is 11.8. The molecule has 7 heteroatoms. The van der Waals surface area contributed by atoms with Gasteiger partial charge in [0.15, 0.2) is 0 Å². The summed E-state index contributed by atoms with van der Waals surface area (Å²) in [5.41, 5.74) is 3.44. The zero-order valence-corrected chi connectivity index (χ0v) is 18.9. The first kappa shape index (κ1) is 21.5. The van der Waals surface area contributed by atoms with Crippen LogP contribution in [0, 0.1) is 0 Å². The van der Waals surface area contributed by atoms with E-state index in [1.807, 2.05) is 47.5 Å². The number of carbonyl (C=O) groups is 2. The molecular weight excluding hydrogens is 416 g/mol. The van der Waals surface area contributed by atoms with Gasteiger partial charge in [-0.1, -0.05) is 37.1 Å². The molecular formula is C26H30N4O3. The molecule has 1 saturated carbocycles. The predicted molar refractivity (Wildman–Crippen MR) is 124 cm³/mol. The van der Waals surface area contributed by atoms with Crippen molar-refractivity contribution in [1.29, 1.82) is 0 Å². The van der Waals surface area contributed by atoms with Crippen molar-refractivity contribution in [2.45, 2.75) is 56.7 Å². The maximum Gasteiger partial charge on any atom is 0.251 e. The van der Waals surface area contributed by atoms with Crippen molar-refractivity contribution in [3.63, 3.8) is 0 Å². The van der Waals surface area contributed by atoms with Crippen LogP contribution < -0.4 is 15.4 Å². The molecule has 1 aliphatic carbocycles. The second-order valence-corrected chi connectivity index (χ2v) is 8.98. The standard InChI is InChI=1S/C26H30N4O3/c1-33-22-11-5-2-8-18(22)25-24-20(16-28-26(24)32)29-19-9-3-4-10-21(19)30(25)23(31)13-12-17-7-6-14-27-15-17/h2,5-8,11,14-15,19,21,25,29H,3-4,9-10,12-13,16H2,1H3,(H,28,32)/t19-,21-,25-/m1/s1. The summed E-state index contributed by atoms with van der Waals surface area (Å²) in [6.45, 7) is 0.473. The molecule has 3 atom stereocenters. The minimum Gasteiger partial charge on any atom is -0.496 e. The minimum atomic E-state index is -0.486. The number of rotatable bonds is 5. The molecule has 0 unspecified atom stereocenters. The Morgan fingerprint density at radius 1 is 1.18 bits per heavy atom. The van der Waals surface area contributed by atoms with Crippen LogP contribution in [0.4, 0.5) is 0 Å². The molecule has 1 fully saturated rings. The third kappa shape index (κ3) is 4.08. The van der Waals surface area contributed by atoms with Gasteiger partial charge >= 0.3 is 0 Å². The summed E-state index contributed by atoms with van der Waals surface area (Å²) in [5.74, 6) is 0.632. The molecule has 2 aromatic rings. The smallest absolute Gasteiger partial charge is 0.251 e. The molecule has 2 N–H and O–H groups in total. The lowest BCUT2D eigenvalue weighted by Crippen LogP contribution is -2.53. The molecule has 0 saturated heterocycles. The van der Waals surface area contributed by atoms with E-state index in [4.69, 9.17) is 4.74 Å². The third-order valence-electron chi connectivity index (χ3n) is 7.07. The largest absolute Gasteiger partial charge is 0.496 e. The van der Waals surface area contributed by atoms with E-state index in [1.165, 1.54) is 0 Å². The second-order valence-electron chi connectivity index (χ2n) is 8.98. The van der Waals surface area contributed by atoms with Crippen molar-refractivity contribution in [2.75, 3.05) is 13.7 Å². The number of nitrogens with one attached hydrogen (secondary N) is 2. The van der Waals surface area contributed by atoms with E-state index < -0.39 is 6.04 Å². The number of benzene rings is 1. The number of amides is 2. The summed E-state index contributed by atoms with van der Waals surface area (Å²) in [6, 6.07) is 11.3. The summed E-state index contributed by atoms with van der Waals surface area (Å²) in [6.07, 6.45) is 8.63. The van der Waals surface area contributed by atoms with Gasteiger partial charge in [0, 0.05) is 36.1 Å². The van der Waals surface area contributed by atoms with Crippen molar-refractivity contribution < 1.29 is 14.3 Å². The van der Waals surface area contributed by atoms with Crippen LogP contribution in [-0.4, -0.2) is 47.4 Å². The molecule has 172 valence electrons. The van der Waals surface area contributed by atoms with Gasteiger partial charge in [0.1, 0.15) is 5.75 Å². The van der Waals surface area contributed by atoms with Gasteiger partial charge in [0.2, 0.25) is 5.91 Å². The molecule has 3 aliphatic rings. The molecule has 0 radical (unpaired) electrons. The number of hydrogen-bond donors (Lipinski definition) is 2. The van der Waals surface area contributed by atoms with E-state index in [-0.39, 0.29) is 23.9 Å². The number of pyridine rings is 1. The summed E-state index contributed by atoms with van der Waals surface area (Å²) < 4.78 is 5.70. The summed E-state index contributed by atoms with van der Waals surface area (Å²) in [7, 11) is 1.63. The molecule has 5 rings (SSSR count). The number of nitrogens with zero attached hydrogens (tertiary/aromatic N) is 2. The first-order valence-electron chi connectivity index (χ1n) is 11.8. The van der Waals surface area contributed by atoms with Crippen LogP contribution >= 0.6 is 0 Å². The van der Waals surface area contributed by atoms with Crippen LogP contribution in [-0.2, 0) is 16.0 Å². The van der Waals surface area contributed by atoms with Gasteiger partial charge in [-0.05, 0) is 37.0 Å². The number of para-hydroxylation sites is 1. The van der Waals surface area contributed by atoms with E-state index in [1.54, 1.807) is 13.3 Å². The van der Waals surface area contributed by atoms with Gasteiger partial charge < -0.3 is 20.3 Å². The van der Waals surface area contributed by atoms with Crippen molar-refractivity contribution in [2.24, 2.45) is 0 Å². The summed E-state index contributed by atoms with van der Waals surface area (Å²) in [4.78, 5) is 33.2. The Morgan fingerprint density at radius 2 is 2.03 bits per heavy atom.